The molecule has 4 aromatic carbocycles. The maximum Gasteiger partial charge on any atom is 0.136 e. The lowest BCUT2D eigenvalue weighted by atomic mass is 9.63. The Kier molecular flexibility index (Phi) is 4.32. The Labute approximate surface area is 212 Å². The summed E-state index contributed by atoms with van der Waals surface area (Å²) in [6.07, 6.45) is 4.31. The molecule has 1 aliphatic rings. The summed E-state index contributed by atoms with van der Waals surface area (Å²) in [5.74, 6) is 0. The van der Waals surface area contributed by atoms with Crippen molar-refractivity contribution in [2.45, 2.75) is 58.3 Å². The zero-order valence-electron chi connectivity index (χ0n) is 21.7. The number of aryl methyl sites for hydroxylation is 1. The Balaban J connectivity index is 1.49. The average molecular weight is 470 g/mol. The molecular formula is C34H31NO. The standard InChI is InChI=1S/C34H31NO/c1-20-6-7-22-15-24(9-8-21(22)14-20)32-25-17-26-27-18-28-29(34(4,5)12-11-33(28,2)3)19-31(27)36-30(26)16-23(25)10-13-35-32/h6-10,13-19H,11-12H2,1-5H3. The molecule has 0 fully saturated rings. The number of rotatable bonds is 1. The third-order valence-corrected chi connectivity index (χ3v) is 8.60. The van der Waals surface area contributed by atoms with Crippen LogP contribution in [0.5, 0.6) is 0 Å². The molecule has 0 saturated heterocycles. The molecule has 0 saturated carbocycles. The lowest BCUT2D eigenvalue weighted by Crippen LogP contribution is -2.33. The average Bonchev–Trinajstić information content (AvgIpc) is 3.21. The van der Waals surface area contributed by atoms with Crippen molar-refractivity contribution in [2.24, 2.45) is 0 Å². The van der Waals surface area contributed by atoms with Crippen LogP contribution in [0.15, 0.2) is 77.3 Å². The first-order valence-corrected chi connectivity index (χ1v) is 13.0. The number of hydrogen-bond acceptors (Lipinski definition) is 2. The van der Waals surface area contributed by atoms with E-state index in [4.69, 9.17) is 9.40 Å². The van der Waals surface area contributed by atoms with Gasteiger partial charge >= 0.3 is 0 Å². The molecule has 2 nitrogen and oxygen atoms in total. The van der Waals surface area contributed by atoms with Gasteiger partial charge in [-0.15, -0.1) is 0 Å². The molecule has 0 atom stereocenters. The Morgan fingerprint density at radius 1 is 0.639 bits per heavy atom. The van der Waals surface area contributed by atoms with Crippen LogP contribution in [0.2, 0.25) is 0 Å². The van der Waals surface area contributed by atoms with Crippen molar-refractivity contribution in [1.29, 1.82) is 0 Å². The second kappa shape index (κ2) is 7.20. The van der Waals surface area contributed by atoms with Crippen LogP contribution in [0.4, 0.5) is 0 Å². The van der Waals surface area contributed by atoms with E-state index in [1.54, 1.807) is 0 Å². The first kappa shape index (κ1) is 21.6. The quantitative estimate of drug-likeness (QED) is 0.239. The number of furan rings is 1. The third kappa shape index (κ3) is 3.13. The van der Waals surface area contributed by atoms with Crippen LogP contribution in [0, 0.1) is 6.92 Å². The number of aromatic nitrogens is 1. The van der Waals surface area contributed by atoms with Gasteiger partial charge < -0.3 is 4.42 Å². The minimum atomic E-state index is 0.161. The molecule has 0 amide bonds. The van der Waals surface area contributed by atoms with E-state index in [0.717, 1.165) is 33.2 Å². The zero-order valence-corrected chi connectivity index (χ0v) is 21.7. The predicted octanol–water partition coefficient (Wildman–Crippen LogP) is 9.61. The Bertz CT molecular complexity index is 1850. The molecule has 0 aliphatic heterocycles. The molecule has 0 radical (unpaired) electrons. The van der Waals surface area contributed by atoms with E-state index >= 15 is 0 Å². The van der Waals surface area contributed by atoms with Gasteiger partial charge in [-0.1, -0.05) is 63.6 Å². The normalized spacial score (nSPS) is 16.7. The van der Waals surface area contributed by atoms with E-state index in [2.05, 4.69) is 101 Å². The van der Waals surface area contributed by atoms with Crippen molar-refractivity contribution in [1.82, 2.24) is 4.98 Å². The molecule has 0 unspecified atom stereocenters. The zero-order chi connectivity index (χ0) is 24.8. The molecule has 2 aromatic heterocycles. The highest BCUT2D eigenvalue weighted by atomic mass is 16.3. The molecule has 0 spiro atoms. The van der Waals surface area contributed by atoms with Gasteiger partial charge in [-0.2, -0.15) is 0 Å². The van der Waals surface area contributed by atoms with Crippen molar-refractivity contribution in [3.05, 3.63) is 89.6 Å². The number of nitrogens with zero attached hydrogens (tertiary/aromatic N) is 1. The highest BCUT2D eigenvalue weighted by molar-refractivity contribution is 6.12. The molecule has 7 rings (SSSR count). The van der Waals surface area contributed by atoms with Crippen LogP contribution in [0.1, 0.15) is 57.2 Å². The molecule has 2 heterocycles. The molecule has 0 bridgehead atoms. The van der Waals surface area contributed by atoms with Gasteiger partial charge in [-0.3, -0.25) is 4.98 Å². The van der Waals surface area contributed by atoms with Crippen LogP contribution in [0.25, 0.3) is 54.7 Å². The highest BCUT2D eigenvalue weighted by Crippen LogP contribution is 2.48. The maximum absolute atomic E-state index is 6.48. The summed E-state index contributed by atoms with van der Waals surface area (Å²) in [5.41, 5.74) is 8.59. The summed E-state index contributed by atoms with van der Waals surface area (Å²) >= 11 is 0. The van der Waals surface area contributed by atoms with Gasteiger partial charge in [-0.05, 0) is 94.3 Å². The van der Waals surface area contributed by atoms with Crippen LogP contribution >= 0.6 is 0 Å². The maximum atomic E-state index is 6.48. The van der Waals surface area contributed by atoms with Gasteiger partial charge in [-0.25, -0.2) is 0 Å². The minimum absolute atomic E-state index is 0.161. The van der Waals surface area contributed by atoms with Crippen LogP contribution in [-0.2, 0) is 10.8 Å². The molecule has 6 aromatic rings. The van der Waals surface area contributed by atoms with Gasteiger partial charge in [0.15, 0.2) is 0 Å². The van der Waals surface area contributed by atoms with Gasteiger partial charge in [0.1, 0.15) is 11.2 Å². The molecule has 36 heavy (non-hydrogen) atoms. The van der Waals surface area contributed by atoms with Gasteiger partial charge in [0.25, 0.3) is 0 Å². The summed E-state index contributed by atoms with van der Waals surface area (Å²) in [5, 5.41) is 7.20. The van der Waals surface area contributed by atoms with Crippen molar-refractivity contribution < 1.29 is 4.42 Å². The lowest BCUT2D eigenvalue weighted by Gasteiger charge is -2.41. The van der Waals surface area contributed by atoms with Crippen molar-refractivity contribution in [3.63, 3.8) is 0 Å². The molecular weight excluding hydrogens is 438 g/mol. The summed E-state index contributed by atoms with van der Waals surface area (Å²) in [6, 6.07) is 24.6. The summed E-state index contributed by atoms with van der Waals surface area (Å²) in [6.45, 7) is 11.6. The fourth-order valence-corrected chi connectivity index (χ4v) is 6.24. The summed E-state index contributed by atoms with van der Waals surface area (Å²) in [7, 11) is 0. The van der Waals surface area contributed by atoms with Gasteiger partial charge in [0.2, 0.25) is 0 Å². The Hall–Kier alpha value is -3.65. The van der Waals surface area contributed by atoms with Crippen molar-refractivity contribution >= 4 is 43.5 Å². The SMILES string of the molecule is Cc1ccc2cc(-c3nccc4cc5oc6cc7c(cc6c5cc34)C(C)(C)CCC7(C)C)ccc2c1. The summed E-state index contributed by atoms with van der Waals surface area (Å²) < 4.78 is 6.48. The number of hydrogen-bond donors (Lipinski definition) is 0. The van der Waals surface area contributed by atoms with Crippen molar-refractivity contribution in [3.8, 4) is 11.3 Å². The largest absolute Gasteiger partial charge is 0.456 e. The van der Waals surface area contributed by atoms with Crippen LogP contribution in [0.3, 0.4) is 0 Å². The van der Waals surface area contributed by atoms with Gasteiger partial charge in [0.05, 0.1) is 5.69 Å². The van der Waals surface area contributed by atoms with E-state index in [1.165, 1.54) is 51.1 Å². The number of benzene rings is 4. The Morgan fingerprint density at radius 3 is 2.11 bits per heavy atom. The topological polar surface area (TPSA) is 26.0 Å². The van der Waals surface area contributed by atoms with E-state index < -0.39 is 0 Å². The van der Waals surface area contributed by atoms with E-state index in [9.17, 15) is 0 Å². The molecule has 2 heteroatoms. The number of fused-ring (bicyclic) bond motifs is 6. The fourth-order valence-electron chi connectivity index (χ4n) is 6.24. The molecule has 0 N–H and O–H groups in total. The van der Waals surface area contributed by atoms with Crippen LogP contribution < -0.4 is 0 Å². The molecule has 1 aliphatic carbocycles. The molecule has 178 valence electrons. The first-order chi connectivity index (χ1) is 17.2. The summed E-state index contributed by atoms with van der Waals surface area (Å²) in [4.78, 5) is 4.85. The van der Waals surface area contributed by atoms with Gasteiger partial charge in [0, 0.05) is 27.9 Å². The minimum Gasteiger partial charge on any atom is -0.456 e. The number of pyridine rings is 1. The fraction of sp³-hybridized carbons (Fsp3) is 0.265. The van der Waals surface area contributed by atoms with E-state index in [-0.39, 0.29) is 10.8 Å². The third-order valence-electron chi connectivity index (χ3n) is 8.60. The second-order valence-corrected chi connectivity index (χ2v) is 12.1. The first-order valence-electron chi connectivity index (χ1n) is 13.0. The Morgan fingerprint density at radius 2 is 1.31 bits per heavy atom. The van der Waals surface area contributed by atoms with E-state index in [0.29, 0.717) is 0 Å². The smallest absolute Gasteiger partial charge is 0.136 e. The van der Waals surface area contributed by atoms with E-state index in [1.807, 2.05) is 6.20 Å². The van der Waals surface area contributed by atoms with Crippen LogP contribution in [-0.4, -0.2) is 4.98 Å². The van der Waals surface area contributed by atoms with Crippen molar-refractivity contribution in [2.75, 3.05) is 0 Å². The lowest BCUT2D eigenvalue weighted by molar-refractivity contribution is 0.332. The predicted molar refractivity (Wildman–Crippen MR) is 152 cm³/mol. The monoisotopic (exact) mass is 469 g/mol. The highest BCUT2D eigenvalue weighted by Gasteiger charge is 2.37. The second-order valence-electron chi connectivity index (χ2n) is 12.1.